The van der Waals surface area contributed by atoms with Crippen LogP contribution in [0, 0.1) is 11.8 Å². The largest absolute Gasteiger partial charge is 0.0622 e. The predicted molar refractivity (Wildman–Crippen MR) is 61.5 cm³/mol. The van der Waals surface area contributed by atoms with Crippen LogP contribution < -0.4 is 0 Å². The van der Waals surface area contributed by atoms with Crippen molar-refractivity contribution in [1.29, 1.82) is 0 Å². The lowest BCUT2D eigenvalue weighted by Crippen LogP contribution is -2.22. The minimum atomic E-state index is 0.770. The van der Waals surface area contributed by atoms with Crippen molar-refractivity contribution in [2.45, 2.75) is 39.5 Å². The Morgan fingerprint density at radius 1 is 1.21 bits per heavy atom. The van der Waals surface area contributed by atoms with Gasteiger partial charge in [0.15, 0.2) is 0 Å². The third-order valence-electron chi connectivity index (χ3n) is 3.61. The van der Waals surface area contributed by atoms with E-state index in [0.717, 1.165) is 17.8 Å². The van der Waals surface area contributed by atoms with Gasteiger partial charge in [-0.1, -0.05) is 45.0 Å². The number of aryl methyl sites for hydroxylation is 1. The molecule has 0 saturated heterocycles. The molecule has 0 heterocycles. The zero-order valence-electron chi connectivity index (χ0n) is 9.46. The second kappa shape index (κ2) is 3.76. The molecule has 2 rings (SSSR count). The highest BCUT2D eigenvalue weighted by atomic mass is 14.3. The molecule has 0 radical (unpaired) electrons. The summed E-state index contributed by atoms with van der Waals surface area (Å²) >= 11 is 0. The van der Waals surface area contributed by atoms with Crippen LogP contribution in [-0.4, -0.2) is 0 Å². The third-order valence-corrected chi connectivity index (χ3v) is 3.61. The SMILES string of the molecule is CC(C)C1c2ccccc2CCC1C. The molecule has 0 bridgehead atoms. The van der Waals surface area contributed by atoms with Gasteiger partial charge in [0.1, 0.15) is 0 Å². The molecule has 0 nitrogen and oxygen atoms in total. The summed E-state index contributed by atoms with van der Waals surface area (Å²) in [6, 6.07) is 8.99. The summed E-state index contributed by atoms with van der Waals surface area (Å²) < 4.78 is 0. The van der Waals surface area contributed by atoms with E-state index in [1.165, 1.54) is 12.8 Å². The molecule has 0 spiro atoms. The molecule has 0 amide bonds. The minimum absolute atomic E-state index is 0.770. The van der Waals surface area contributed by atoms with Gasteiger partial charge in [0, 0.05) is 0 Å². The maximum Gasteiger partial charge on any atom is -0.0110 e. The van der Waals surface area contributed by atoms with Crippen molar-refractivity contribution in [3.8, 4) is 0 Å². The minimum Gasteiger partial charge on any atom is -0.0622 e. The van der Waals surface area contributed by atoms with Crippen LogP contribution in [0.4, 0.5) is 0 Å². The van der Waals surface area contributed by atoms with E-state index in [0.29, 0.717) is 0 Å². The molecule has 0 heteroatoms. The second-order valence-electron chi connectivity index (χ2n) is 4.98. The monoisotopic (exact) mass is 188 g/mol. The van der Waals surface area contributed by atoms with Crippen LogP contribution >= 0.6 is 0 Å². The molecule has 0 saturated carbocycles. The summed E-state index contributed by atoms with van der Waals surface area (Å²) in [5.74, 6) is 2.40. The second-order valence-corrected chi connectivity index (χ2v) is 4.98. The number of hydrogen-bond donors (Lipinski definition) is 0. The molecular weight excluding hydrogens is 168 g/mol. The lowest BCUT2D eigenvalue weighted by molar-refractivity contribution is 0.327. The maximum atomic E-state index is 2.40. The third kappa shape index (κ3) is 1.58. The van der Waals surface area contributed by atoms with Crippen molar-refractivity contribution in [2.75, 3.05) is 0 Å². The lowest BCUT2D eigenvalue weighted by Gasteiger charge is -2.34. The lowest BCUT2D eigenvalue weighted by atomic mass is 9.71. The van der Waals surface area contributed by atoms with Gasteiger partial charge in [0.05, 0.1) is 0 Å². The fourth-order valence-corrected chi connectivity index (χ4v) is 2.97. The Balaban J connectivity index is 2.41. The molecule has 0 N–H and O–H groups in total. The number of benzene rings is 1. The fraction of sp³-hybridized carbons (Fsp3) is 0.571. The quantitative estimate of drug-likeness (QED) is 0.624. The van der Waals surface area contributed by atoms with Gasteiger partial charge < -0.3 is 0 Å². The topological polar surface area (TPSA) is 0 Å². The summed E-state index contributed by atoms with van der Waals surface area (Å²) in [6.45, 7) is 7.10. The average molecular weight is 188 g/mol. The first-order valence-electron chi connectivity index (χ1n) is 5.78. The van der Waals surface area contributed by atoms with Gasteiger partial charge in [-0.2, -0.15) is 0 Å². The molecule has 1 aliphatic rings. The molecule has 1 aromatic carbocycles. The maximum absolute atomic E-state index is 2.40. The summed E-state index contributed by atoms with van der Waals surface area (Å²) in [6.07, 6.45) is 2.64. The normalized spacial score (nSPS) is 26.3. The molecular formula is C14H20. The fourth-order valence-electron chi connectivity index (χ4n) is 2.97. The van der Waals surface area contributed by atoms with E-state index in [4.69, 9.17) is 0 Å². The van der Waals surface area contributed by atoms with Crippen LogP contribution in [0.2, 0.25) is 0 Å². The van der Waals surface area contributed by atoms with Crippen LogP contribution in [-0.2, 0) is 6.42 Å². The first kappa shape index (κ1) is 9.76. The van der Waals surface area contributed by atoms with Crippen LogP contribution in [0.5, 0.6) is 0 Å². The van der Waals surface area contributed by atoms with Gasteiger partial charge >= 0.3 is 0 Å². The number of hydrogen-bond acceptors (Lipinski definition) is 0. The highest BCUT2D eigenvalue weighted by molar-refractivity contribution is 5.33. The molecule has 2 unspecified atom stereocenters. The average Bonchev–Trinajstić information content (AvgIpc) is 2.17. The molecule has 76 valence electrons. The standard InChI is InChI=1S/C14H20/c1-10(2)14-11(3)8-9-12-6-4-5-7-13(12)14/h4-7,10-11,14H,8-9H2,1-3H3. The Bertz CT molecular complexity index is 312. The Hall–Kier alpha value is -0.780. The van der Waals surface area contributed by atoms with Crippen molar-refractivity contribution >= 4 is 0 Å². The highest BCUT2D eigenvalue weighted by Gasteiger charge is 2.28. The van der Waals surface area contributed by atoms with Gasteiger partial charge in [-0.25, -0.2) is 0 Å². The molecule has 1 aliphatic carbocycles. The zero-order valence-corrected chi connectivity index (χ0v) is 9.46. The van der Waals surface area contributed by atoms with E-state index in [1.54, 1.807) is 11.1 Å². The van der Waals surface area contributed by atoms with E-state index in [-0.39, 0.29) is 0 Å². The number of fused-ring (bicyclic) bond motifs is 1. The van der Waals surface area contributed by atoms with Crippen LogP contribution in [0.25, 0.3) is 0 Å². The Morgan fingerprint density at radius 3 is 2.64 bits per heavy atom. The van der Waals surface area contributed by atoms with E-state index >= 15 is 0 Å². The van der Waals surface area contributed by atoms with Gasteiger partial charge in [-0.3, -0.25) is 0 Å². The Kier molecular flexibility index (Phi) is 2.62. The molecule has 1 aromatic rings. The molecule has 2 atom stereocenters. The van der Waals surface area contributed by atoms with Crippen LogP contribution in [0.3, 0.4) is 0 Å². The van der Waals surface area contributed by atoms with Crippen molar-refractivity contribution in [3.05, 3.63) is 35.4 Å². The van der Waals surface area contributed by atoms with Crippen LogP contribution in [0.15, 0.2) is 24.3 Å². The number of rotatable bonds is 1. The summed E-state index contributed by atoms with van der Waals surface area (Å²) in [7, 11) is 0. The highest BCUT2D eigenvalue weighted by Crippen LogP contribution is 2.40. The first-order valence-corrected chi connectivity index (χ1v) is 5.78. The van der Waals surface area contributed by atoms with E-state index in [1.807, 2.05) is 0 Å². The first-order chi connectivity index (χ1) is 6.70. The summed E-state index contributed by atoms with van der Waals surface area (Å²) in [4.78, 5) is 0. The van der Waals surface area contributed by atoms with E-state index in [2.05, 4.69) is 45.0 Å². The zero-order chi connectivity index (χ0) is 10.1. The Morgan fingerprint density at radius 2 is 1.93 bits per heavy atom. The summed E-state index contributed by atoms with van der Waals surface area (Å²) in [5, 5.41) is 0. The molecule has 0 fully saturated rings. The molecule has 0 aromatic heterocycles. The van der Waals surface area contributed by atoms with Crippen LogP contribution in [0.1, 0.15) is 44.2 Å². The van der Waals surface area contributed by atoms with Crippen molar-refractivity contribution in [1.82, 2.24) is 0 Å². The van der Waals surface area contributed by atoms with Gasteiger partial charge in [-0.05, 0) is 41.7 Å². The molecule has 0 aliphatic heterocycles. The van der Waals surface area contributed by atoms with Crippen molar-refractivity contribution < 1.29 is 0 Å². The van der Waals surface area contributed by atoms with Gasteiger partial charge in [-0.15, -0.1) is 0 Å². The molecule has 14 heavy (non-hydrogen) atoms. The Labute approximate surface area is 87.3 Å². The van der Waals surface area contributed by atoms with Gasteiger partial charge in [0.2, 0.25) is 0 Å². The van der Waals surface area contributed by atoms with Gasteiger partial charge in [0.25, 0.3) is 0 Å². The summed E-state index contributed by atoms with van der Waals surface area (Å²) in [5.41, 5.74) is 3.20. The smallest absolute Gasteiger partial charge is 0.0110 e. The van der Waals surface area contributed by atoms with E-state index in [9.17, 15) is 0 Å². The predicted octanol–water partition coefficient (Wildman–Crippen LogP) is 4.01. The van der Waals surface area contributed by atoms with Crippen molar-refractivity contribution in [3.63, 3.8) is 0 Å². The van der Waals surface area contributed by atoms with Crippen molar-refractivity contribution in [2.24, 2.45) is 11.8 Å². The van der Waals surface area contributed by atoms with E-state index < -0.39 is 0 Å².